The van der Waals surface area contributed by atoms with Crippen molar-refractivity contribution in [3.63, 3.8) is 0 Å². The van der Waals surface area contributed by atoms with Crippen molar-refractivity contribution in [2.24, 2.45) is 16.0 Å². The fraction of sp³-hybridized carbons (Fsp3) is 0.0625. The van der Waals surface area contributed by atoms with Crippen LogP contribution in [-0.4, -0.2) is 18.0 Å². The Kier molecular flexibility index (Phi) is 6.73. The summed E-state index contributed by atoms with van der Waals surface area (Å²) in [5, 5.41) is 19.0. The van der Waals surface area contributed by atoms with Gasteiger partial charge in [0.25, 0.3) is 5.69 Å². The van der Waals surface area contributed by atoms with E-state index in [0.717, 1.165) is 7.11 Å². The summed E-state index contributed by atoms with van der Waals surface area (Å²) in [6.07, 6.45) is 0. The zero-order chi connectivity index (χ0) is 20.1. The zero-order valence-corrected chi connectivity index (χ0v) is 15.9. The van der Waals surface area contributed by atoms with Crippen LogP contribution < -0.4 is 5.73 Å². The Labute approximate surface area is 168 Å². The molecule has 0 spiro atoms. The Bertz CT molecular complexity index is 936. The quantitative estimate of drug-likeness (QED) is 0.232. The van der Waals surface area contributed by atoms with Crippen molar-refractivity contribution < 1.29 is 14.5 Å². The topological polar surface area (TPSA) is 120 Å². The summed E-state index contributed by atoms with van der Waals surface area (Å²) in [6.45, 7) is 0. The highest BCUT2D eigenvalue weighted by molar-refractivity contribution is 6.41. The van der Waals surface area contributed by atoms with Gasteiger partial charge in [-0.05, 0) is 29.8 Å². The molecule has 0 bridgehead atoms. The SMILES string of the molecule is COC(=O)/C(=C(\N)N=Nc1c(Cl)cc(Cl)cc1Cl)c1ccc([N+](=O)[O-])cc1. The minimum absolute atomic E-state index is 0.110. The van der Waals surface area contributed by atoms with Crippen molar-refractivity contribution in [2.75, 3.05) is 7.11 Å². The number of carbonyl (C=O) groups is 1. The summed E-state index contributed by atoms with van der Waals surface area (Å²) in [4.78, 5) is 22.3. The van der Waals surface area contributed by atoms with E-state index in [4.69, 9.17) is 45.3 Å². The maximum atomic E-state index is 12.1. The molecule has 0 amide bonds. The van der Waals surface area contributed by atoms with Crippen LogP contribution in [-0.2, 0) is 9.53 Å². The first-order valence-corrected chi connectivity index (χ1v) is 8.27. The predicted molar refractivity (Wildman–Crippen MR) is 102 cm³/mol. The Morgan fingerprint density at radius 3 is 2.19 bits per heavy atom. The predicted octanol–water partition coefficient (Wildman–Crippen LogP) is 5.14. The first-order chi connectivity index (χ1) is 12.7. The van der Waals surface area contributed by atoms with Gasteiger partial charge in [0.15, 0.2) is 5.82 Å². The first-order valence-electron chi connectivity index (χ1n) is 7.13. The second-order valence-electron chi connectivity index (χ2n) is 4.97. The van der Waals surface area contributed by atoms with Crippen LogP contribution in [0.5, 0.6) is 0 Å². The lowest BCUT2D eigenvalue weighted by molar-refractivity contribution is -0.384. The molecule has 0 saturated carbocycles. The maximum Gasteiger partial charge on any atom is 0.342 e. The van der Waals surface area contributed by atoms with E-state index in [1.54, 1.807) is 0 Å². The molecule has 0 saturated heterocycles. The lowest BCUT2D eigenvalue weighted by Crippen LogP contribution is -2.10. The van der Waals surface area contributed by atoms with Gasteiger partial charge in [-0.1, -0.05) is 34.8 Å². The molecule has 0 unspecified atom stereocenters. The molecule has 140 valence electrons. The van der Waals surface area contributed by atoms with Gasteiger partial charge in [-0.3, -0.25) is 10.1 Å². The number of hydrogen-bond donors (Lipinski definition) is 1. The summed E-state index contributed by atoms with van der Waals surface area (Å²) >= 11 is 17.9. The molecule has 2 N–H and O–H groups in total. The molecular formula is C16H11Cl3N4O4. The van der Waals surface area contributed by atoms with E-state index in [1.807, 2.05) is 0 Å². The number of nitrogens with zero attached hydrogens (tertiary/aromatic N) is 3. The lowest BCUT2D eigenvalue weighted by atomic mass is 10.1. The number of halogens is 3. The van der Waals surface area contributed by atoms with Gasteiger partial charge in [0, 0.05) is 17.2 Å². The van der Waals surface area contributed by atoms with E-state index >= 15 is 0 Å². The number of nitro groups is 1. The number of nitrogens with two attached hydrogens (primary N) is 1. The average Bonchev–Trinajstić information content (AvgIpc) is 2.61. The number of esters is 1. The molecule has 0 aliphatic heterocycles. The molecule has 0 fully saturated rings. The van der Waals surface area contributed by atoms with Gasteiger partial charge in [-0.25, -0.2) is 4.79 Å². The van der Waals surface area contributed by atoms with Crippen LogP contribution in [0.1, 0.15) is 5.56 Å². The molecule has 2 aromatic rings. The highest BCUT2D eigenvalue weighted by atomic mass is 35.5. The Hall–Kier alpha value is -2.68. The number of methoxy groups -OCH3 is 1. The van der Waals surface area contributed by atoms with E-state index in [2.05, 4.69) is 10.2 Å². The minimum Gasteiger partial charge on any atom is -0.465 e. The average molecular weight is 430 g/mol. The van der Waals surface area contributed by atoms with E-state index in [-0.39, 0.29) is 38.4 Å². The smallest absolute Gasteiger partial charge is 0.342 e. The summed E-state index contributed by atoms with van der Waals surface area (Å²) in [5.74, 6) is -1.09. The fourth-order valence-electron chi connectivity index (χ4n) is 2.01. The standard InChI is InChI=1S/C16H11Cl3N4O4/c1-27-16(24)13(8-2-4-10(5-3-8)23(25)26)15(20)22-21-14-11(18)6-9(17)7-12(14)19/h2-7H,20H2,1H3/b15-13+,22-21?. The summed E-state index contributed by atoms with van der Waals surface area (Å²) in [7, 11) is 1.16. The molecule has 0 atom stereocenters. The van der Waals surface area contributed by atoms with Gasteiger partial charge < -0.3 is 10.5 Å². The van der Waals surface area contributed by atoms with E-state index in [0.29, 0.717) is 5.02 Å². The second kappa shape index (κ2) is 8.81. The Morgan fingerprint density at radius 2 is 1.70 bits per heavy atom. The normalized spacial score (nSPS) is 12.0. The van der Waals surface area contributed by atoms with Crippen molar-refractivity contribution in [1.29, 1.82) is 0 Å². The van der Waals surface area contributed by atoms with Crippen molar-refractivity contribution >= 4 is 57.7 Å². The van der Waals surface area contributed by atoms with Crippen LogP contribution in [0.3, 0.4) is 0 Å². The monoisotopic (exact) mass is 428 g/mol. The fourth-order valence-corrected chi connectivity index (χ4v) is 2.90. The molecule has 8 nitrogen and oxygen atoms in total. The van der Waals surface area contributed by atoms with E-state index in [1.165, 1.54) is 36.4 Å². The lowest BCUT2D eigenvalue weighted by Gasteiger charge is -2.07. The van der Waals surface area contributed by atoms with Crippen molar-refractivity contribution in [1.82, 2.24) is 0 Å². The third-order valence-corrected chi connectivity index (χ3v) is 4.05. The minimum atomic E-state index is -0.798. The molecule has 27 heavy (non-hydrogen) atoms. The number of carbonyl (C=O) groups excluding carboxylic acids is 1. The van der Waals surface area contributed by atoms with Gasteiger partial charge in [0.05, 0.1) is 22.1 Å². The number of non-ortho nitro benzene ring substituents is 1. The first kappa shape index (κ1) is 20.6. The van der Waals surface area contributed by atoms with Crippen LogP contribution >= 0.6 is 34.8 Å². The molecule has 0 heterocycles. The van der Waals surface area contributed by atoms with Gasteiger partial charge >= 0.3 is 5.97 Å². The molecule has 0 radical (unpaired) electrons. The molecule has 2 rings (SSSR count). The van der Waals surface area contributed by atoms with E-state index in [9.17, 15) is 14.9 Å². The van der Waals surface area contributed by atoms with E-state index < -0.39 is 10.9 Å². The molecule has 11 heteroatoms. The van der Waals surface area contributed by atoms with Gasteiger partial charge in [0.2, 0.25) is 0 Å². The second-order valence-corrected chi connectivity index (χ2v) is 6.22. The Balaban J connectivity index is 2.49. The highest BCUT2D eigenvalue weighted by Gasteiger charge is 2.19. The highest BCUT2D eigenvalue weighted by Crippen LogP contribution is 2.36. The van der Waals surface area contributed by atoms with Gasteiger partial charge in [-0.2, -0.15) is 0 Å². The van der Waals surface area contributed by atoms with Crippen LogP contribution in [0.4, 0.5) is 11.4 Å². The number of nitro benzene ring substituents is 1. The number of hydrogen-bond acceptors (Lipinski definition) is 7. The summed E-state index contributed by atoms with van der Waals surface area (Å²) < 4.78 is 4.70. The third-order valence-electron chi connectivity index (χ3n) is 3.25. The molecule has 0 aliphatic carbocycles. The summed E-state index contributed by atoms with van der Waals surface area (Å²) in [5.41, 5.74) is 5.97. The molecular weight excluding hydrogens is 419 g/mol. The van der Waals surface area contributed by atoms with Gasteiger partial charge in [0.1, 0.15) is 11.3 Å². The number of ether oxygens (including phenoxy) is 1. The number of rotatable bonds is 5. The largest absolute Gasteiger partial charge is 0.465 e. The van der Waals surface area contributed by atoms with Crippen LogP contribution in [0, 0.1) is 10.1 Å². The Morgan fingerprint density at radius 1 is 1.15 bits per heavy atom. The van der Waals surface area contributed by atoms with Crippen molar-refractivity contribution in [3.05, 3.63) is 73.0 Å². The van der Waals surface area contributed by atoms with Crippen LogP contribution in [0.15, 0.2) is 52.4 Å². The number of benzene rings is 2. The molecule has 2 aromatic carbocycles. The van der Waals surface area contributed by atoms with Crippen LogP contribution in [0.25, 0.3) is 5.57 Å². The van der Waals surface area contributed by atoms with Crippen molar-refractivity contribution in [2.45, 2.75) is 0 Å². The zero-order valence-electron chi connectivity index (χ0n) is 13.6. The third kappa shape index (κ3) is 4.94. The number of azo groups is 1. The molecule has 0 aliphatic rings. The summed E-state index contributed by atoms with van der Waals surface area (Å²) in [6, 6.07) is 7.96. The van der Waals surface area contributed by atoms with Crippen molar-refractivity contribution in [3.8, 4) is 0 Å². The van der Waals surface area contributed by atoms with Gasteiger partial charge in [-0.15, -0.1) is 10.2 Å². The van der Waals surface area contributed by atoms with Crippen LogP contribution in [0.2, 0.25) is 15.1 Å². The molecule has 0 aromatic heterocycles. The maximum absolute atomic E-state index is 12.1.